The second-order valence-corrected chi connectivity index (χ2v) is 4.98. The number of nitrogens with zero attached hydrogens (tertiary/aromatic N) is 3. The van der Waals surface area contributed by atoms with E-state index in [4.69, 9.17) is 0 Å². The first-order valence-corrected chi connectivity index (χ1v) is 6.92. The van der Waals surface area contributed by atoms with Crippen molar-refractivity contribution in [2.24, 2.45) is 0 Å². The average Bonchev–Trinajstić information content (AvgIpc) is 2.84. The predicted molar refractivity (Wildman–Crippen MR) is 66.7 cm³/mol. The van der Waals surface area contributed by atoms with Crippen LogP contribution in [0.1, 0.15) is 12.7 Å². The lowest BCUT2D eigenvalue weighted by atomic mass is 10.3. The second kappa shape index (κ2) is 6.02. The fourth-order valence-corrected chi connectivity index (χ4v) is 2.64. The van der Waals surface area contributed by atoms with Crippen LogP contribution in [0.4, 0.5) is 0 Å². The molecule has 1 aromatic heterocycles. The fraction of sp³-hybridized carbons (Fsp3) is 0.700. The molecule has 0 bridgehead atoms. The molecular weight excluding hydrogens is 238 g/mol. The molecule has 1 amide bonds. The van der Waals surface area contributed by atoms with Crippen molar-refractivity contribution in [3.8, 4) is 0 Å². The van der Waals surface area contributed by atoms with Crippen LogP contribution < -0.4 is 10.6 Å². The van der Waals surface area contributed by atoms with E-state index in [0.717, 1.165) is 30.4 Å². The summed E-state index contributed by atoms with van der Waals surface area (Å²) >= 11 is 1.81. The molecule has 0 saturated carbocycles. The Hall–Kier alpha value is -1.08. The van der Waals surface area contributed by atoms with Gasteiger partial charge in [-0.1, -0.05) is 0 Å². The molecule has 2 rings (SSSR count). The van der Waals surface area contributed by atoms with E-state index in [-0.39, 0.29) is 11.9 Å². The molecule has 7 heteroatoms. The number of hydrogen-bond acceptors (Lipinski definition) is 5. The van der Waals surface area contributed by atoms with Crippen molar-refractivity contribution in [2.45, 2.75) is 26.1 Å². The quantitative estimate of drug-likeness (QED) is 0.767. The van der Waals surface area contributed by atoms with Gasteiger partial charge in [-0.05, 0) is 6.92 Å². The zero-order chi connectivity index (χ0) is 12.1. The molecule has 0 aliphatic carbocycles. The average molecular weight is 255 g/mol. The van der Waals surface area contributed by atoms with Crippen LogP contribution in [0, 0.1) is 0 Å². The lowest BCUT2D eigenvalue weighted by Crippen LogP contribution is -2.48. The third kappa shape index (κ3) is 3.19. The number of carbonyl (C=O) groups is 1. The Morgan fingerprint density at radius 2 is 2.65 bits per heavy atom. The summed E-state index contributed by atoms with van der Waals surface area (Å²) in [5.74, 6) is 2.76. The number of aryl methyl sites for hydroxylation is 1. The van der Waals surface area contributed by atoms with E-state index < -0.39 is 0 Å². The molecule has 94 valence electrons. The van der Waals surface area contributed by atoms with E-state index in [0.29, 0.717) is 6.54 Å². The summed E-state index contributed by atoms with van der Waals surface area (Å²) in [6.45, 7) is 4.17. The van der Waals surface area contributed by atoms with Crippen molar-refractivity contribution in [3.05, 3.63) is 12.2 Å². The Morgan fingerprint density at radius 1 is 1.76 bits per heavy atom. The first-order chi connectivity index (χ1) is 8.31. The molecule has 2 N–H and O–H groups in total. The molecule has 2 heterocycles. The lowest BCUT2D eigenvalue weighted by molar-refractivity contribution is -0.122. The van der Waals surface area contributed by atoms with Crippen LogP contribution in [0.15, 0.2) is 6.33 Å². The number of amides is 1. The van der Waals surface area contributed by atoms with Gasteiger partial charge in [-0.3, -0.25) is 4.79 Å². The standard InChI is InChI=1S/C10H17N5OS/c1-2-15-7-13-14-9(15)5-12-10(16)8-6-17-4-3-11-8/h7-8,11H,2-6H2,1H3,(H,12,16). The molecule has 17 heavy (non-hydrogen) atoms. The van der Waals surface area contributed by atoms with E-state index >= 15 is 0 Å². The van der Waals surface area contributed by atoms with Crippen molar-refractivity contribution >= 4 is 17.7 Å². The summed E-state index contributed by atoms with van der Waals surface area (Å²) in [5, 5.41) is 13.9. The Kier molecular flexibility index (Phi) is 4.38. The summed E-state index contributed by atoms with van der Waals surface area (Å²) in [6, 6.07) is -0.0771. The van der Waals surface area contributed by atoms with Gasteiger partial charge < -0.3 is 15.2 Å². The summed E-state index contributed by atoms with van der Waals surface area (Å²) < 4.78 is 1.92. The zero-order valence-corrected chi connectivity index (χ0v) is 10.7. The number of hydrogen-bond donors (Lipinski definition) is 2. The van der Waals surface area contributed by atoms with Crippen molar-refractivity contribution in [1.82, 2.24) is 25.4 Å². The Labute approximate surface area is 105 Å². The van der Waals surface area contributed by atoms with Gasteiger partial charge in [0.15, 0.2) is 5.82 Å². The third-order valence-electron chi connectivity index (χ3n) is 2.70. The Balaban J connectivity index is 1.83. The fourth-order valence-electron chi connectivity index (χ4n) is 1.70. The number of thioether (sulfide) groups is 1. The first kappa shape index (κ1) is 12.4. The molecule has 1 fully saturated rings. The van der Waals surface area contributed by atoms with Gasteiger partial charge in [0.25, 0.3) is 0 Å². The number of nitrogens with one attached hydrogen (secondary N) is 2. The van der Waals surface area contributed by atoms with Gasteiger partial charge >= 0.3 is 0 Å². The van der Waals surface area contributed by atoms with Crippen LogP contribution in [0.2, 0.25) is 0 Å². The minimum absolute atomic E-state index is 0.0443. The minimum atomic E-state index is -0.0771. The normalized spacial score (nSPS) is 20.2. The zero-order valence-electron chi connectivity index (χ0n) is 9.85. The maximum Gasteiger partial charge on any atom is 0.238 e. The Morgan fingerprint density at radius 3 is 3.35 bits per heavy atom. The molecule has 1 aliphatic rings. The number of aromatic nitrogens is 3. The van der Waals surface area contributed by atoms with E-state index in [1.165, 1.54) is 0 Å². The van der Waals surface area contributed by atoms with Crippen molar-refractivity contribution in [1.29, 1.82) is 0 Å². The Bertz CT molecular complexity index is 375. The molecule has 1 unspecified atom stereocenters. The first-order valence-electron chi connectivity index (χ1n) is 5.76. The molecule has 0 aromatic carbocycles. The summed E-state index contributed by atoms with van der Waals surface area (Å²) in [4.78, 5) is 11.8. The molecule has 1 saturated heterocycles. The lowest BCUT2D eigenvalue weighted by Gasteiger charge is -2.22. The van der Waals surface area contributed by atoms with Gasteiger partial charge in [-0.15, -0.1) is 10.2 Å². The topological polar surface area (TPSA) is 71.8 Å². The van der Waals surface area contributed by atoms with E-state index in [9.17, 15) is 4.79 Å². The number of carbonyl (C=O) groups excluding carboxylic acids is 1. The molecule has 0 spiro atoms. The SMILES string of the molecule is CCn1cnnc1CNC(=O)C1CSCCN1. The maximum absolute atomic E-state index is 11.8. The summed E-state index contributed by atoms with van der Waals surface area (Å²) in [7, 11) is 0. The van der Waals surface area contributed by atoms with Crippen LogP contribution in [-0.2, 0) is 17.9 Å². The van der Waals surface area contributed by atoms with Gasteiger partial charge in [0.2, 0.25) is 5.91 Å². The van der Waals surface area contributed by atoms with E-state index in [1.807, 2.05) is 11.5 Å². The molecule has 6 nitrogen and oxygen atoms in total. The highest BCUT2D eigenvalue weighted by Gasteiger charge is 2.20. The van der Waals surface area contributed by atoms with E-state index in [2.05, 4.69) is 20.8 Å². The van der Waals surface area contributed by atoms with Crippen LogP contribution in [0.5, 0.6) is 0 Å². The van der Waals surface area contributed by atoms with Crippen molar-refractivity contribution in [3.63, 3.8) is 0 Å². The van der Waals surface area contributed by atoms with Crippen LogP contribution >= 0.6 is 11.8 Å². The minimum Gasteiger partial charge on any atom is -0.347 e. The highest BCUT2D eigenvalue weighted by Crippen LogP contribution is 2.07. The van der Waals surface area contributed by atoms with Gasteiger partial charge in [0.05, 0.1) is 12.6 Å². The highest BCUT2D eigenvalue weighted by molar-refractivity contribution is 7.99. The van der Waals surface area contributed by atoms with Gasteiger partial charge in [0.1, 0.15) is 6.33 Å². The molecule has 1 aromatic rings. The van der Waals surface area contributed by atoms with Crippen molar-refractivity contribution < 1.29 is 4.79 Å². The molecular formula is C10H17N5OS. The summed E-state index contributed by atoms with van der Waals surface area (Å²) in [5.41, 5.74) is 0. The van der Waals surface area contributed by atoms with Crippen molar-refractivity contribution in [2.75, 3.05) is 18.1 Å². The predicted octanol–water partition coefficient (Wildman–Crippen LogP) is -0.381. The molecule has 1 aliphatic heterocycles. The van der Waals surface area contributed by atoms with Crippen LogP contribution in [0.25, 0.3) is 0 Å². The highest BCUT2D eigenvalue weighted by atomic mass is 32.2. The molecule has 1 atom stereocenters. The van der Waals surface area contributed by atoms with Gasteiger partial charge in [-0.25, -0.2) is 0 Å². The van der Waals surface area contributed by atoms with Crippen LogP contribution in [-0.4, -0.2) is 44.8 Å². The monoisotopic (exact) mass is 255 g/mol. The maximum atomic E-state index is 11.8. The van der Waals surface area contributed by atoms with E-state index in [1.54, 1.807) is 18.1 Å². The van der Waals surface area contributed by atoms with Gasteiger partial charge in [0, 0.05) is 24.6 Å². The largest absolute Gasteiger partial charge is 0.347 e. The second-order valence-electron chi connectivity index (χ2n) is 3.83. The summed E-state index contributed by atoms with van der Waals surface area (Å²) in [6.07, 6.45) is 1.68. The van der Waals surface area contributed by atoms with Crippen LogP contribution in [0.3, 0.4) is 0 Å². The number of rotatable bonds is 4. The van der Waals surface area contributed by atoms with Gasteiger partial charge in [-0.2, -0.15) is 11.8 Å². The molecule has 0 radical (unpaired) electrons. The smallest absolute Gasteiger partial charge is 0.238 e. The third-order valence-corrected chi connectivity index (χ3v) is 3.76.